The number of carbonyl (C=O) groups excluding carboxylic acids is 1. The molecule has 0 aliphatic carbocycles. The highest BCUT2D eigenvalue weighted by molar-refractivity contribution is 6.44. The second kappa shape index (κ2) is 5.33. The number of hydrogen-bond acceptors (Lipinski definition) is 2. The summed E-state index contributed by atoms with van der Waals surface area (Å²) in [4.78, 5) is 14.8. The van der Waals surface area contributed by atoms with Gasteiger partial charge in [0.25, 0.3) is 5.91 Å². The van der Waals surface area contributed by atoms with Gasteiger partial charge >= 0.3 is 0 Å². The molecule has 0 unspecified atom stereocenters. The van der Waals surface area contributed by atoms with Crippen LogP contribution in [0.1, 0.15) is 35.8 Å². The lowest BCUT2D eigenvalue weighted by Crippen LogP contribution is -2.14. The van der Waals surface area contributed by atoms with Crippen LogP contribution >= 0.6 is 23.2 Å². The van der Waals surface area contributed by atoms with Gasteiger partial charge in [-0.1, -0.05) is 36.5 Å². The Labute approximate surface area is 98.6 Å². The molecule has 0 saturated carbocycles. The van der Waals surface area contributed by atoms with Crippen LogP contribution in [0.2, 0.25) is 10.0 Å². The summed E-state index contributed by atoms with van der Waals surface area (Å²) in [6.07, 6.45) is 4.43. The lowest BCUT2D eigenvalue weighted by atomic mass is 10.1. The average molecular weight is 247 g/mol. The summed E-state index contributed by atoms with van der Waals surface area (Å²) < 4.78 is 0. The van der Waals surface area contributed by atoms with E-state index in [1.54, 1.807) is 6.20 Å². The minimum absolute atomic E-state index is 0.0296. The lowest BCUT2D eigenvalue weighted by Gasteiger charge is -2.06. The maximum atomic E-state index is 10.9. The molecule has 1 amide bonds. The molecule has 1 aromatic rings. The van der Waals surface area contributed by atoms with Crippen molar-refractivity contribution in [3.63, 3.8) is 0 Å². The molecule has 0 spiro atoms. The highest BCUT2D eigenvalue weighted by Crippen LogP contribution is 2.28. The van der Waals surface area contributed by atoms with Crippen LogP contribution in [0.3, 0.4) is 0 Å². The number of nitrogens with two attached hydrogens (primary N) is 1. The van der Waals surface area contributed by atoms with Gasteiger partial charge in [-0.25, -0.2) is 4.98 Å². The second-order valence-corrected chi connectivity index (χ2v) is 3.98. The second-order valence-electron chi connectivity index (χ2n) is 3.23. The summed E-state index contributed by atoms with van der Waals surface area (Å²) in [5.74, 6) is -0.663. The number of carbonyl (C=O) groups is 1. The van der Waals surface area contributed by atoms with Crippen LogP contribution in [-0.2, 0) is 6.42 Å². The molecule has 5 heteroatoms. The predicted molar refractivity (Wildman–Crippen MR) is 61.4 cm³/mol. The van der Waals surface area contributed by atoms with Crippen molar-refractivity contribution < 1.29 is 4.79 Å². The van der Waals surface area contributed by atoms with E-state index in [4.69, 9.17) is 28.9 Å². The molecule has 0 atom stereocenters. The van der Waals surface area contributed by atoms with E-state index in [1.165, 1.54) is 0 Å². The Hall–Kier alpha value is -0.800. The van der Waals surface area contributed by atoms with Crippen LogP contribution in [0.25, 0.3) is 0 Å². The van der Waals surface area contributed by atoms with Gasteiger partial charge < -0.3 is 5.73 Å². The van der Waals surface area contributed by atoms with Crippen molar-refractivity contribution in [1.82, 2.24) is 4.98 Å². The smallest absolute Gasteiger partial charge is 0.268 e. The molecule has 1 heterocycles. The number of pyridine rings is 1. The Kier molecular flexibility index (Phi) is 4.36. The number of rotatable bonds is 4. The summed E-state index contributed by atoms with van der Waals surface area (Å²) in [6, 6.07) is 0. The molecule has 0 aliphatic rings. The molecule has 15 heavy (non-hydrogen) atoms. The Bertz CT molecular complexity index is 380. The fraction of sp³-hybridized carbons (Fsp3) is 0.400. The van der Waals surface area contributed by atoms with Crippen molar-refractivity contribution in [2.45, 2.75) is 26.2 Å². The topological polar surface area (TPSA) is 56.0 Å². The zero-order valence-electron chi connectivity index (χ0n) is 8.39. The first-order valence-corrected chi connectivity index (χ1v) is 5.46. The molecule has 0 fully saturated rings. The van der Waals surface area contributed by atoms with Crippen molar-refractivity contribution in [1.29, 1.82) is 0 Å². The van der Waals surface area contributed by atoms with Crippen LogP contribution in [0.4, 0.5) is 0 Å². The van der Waals surface area contributed by atoms with Crippen LogP contribution in [0, 0.1) is 0 Å². The van der Waals surface area contributed by atoms with E-state index in [0.29, 0.717) is 5.02 Å². The van der Waals surface area contributed by atoms with Gasteiger partial charge in [-0.3, -0.25) is 4.79 Å². The third kappa shape index (κ3) is 2.83. The van der Waals surface area contributed by atoms with Gasteiger partial charge in [-0.15, -0.1) is 0 Å². The minimum Gasteiger partial charge on any atom is -0.364 e. The molecule has 0 aliphatic heterocycles. The summed E-state index contributed by atoms with van der Waals surface area (Å²) in [6.45, 7) is 2.08. The van der Waals surface area contributed by atoms with Gasteiger partial charge in [-0.2, -0.15) is 0 Å². The van der Waals surface area contributed by atoms with Gasteiger partial charge in [0.1, 0.15) is 5.69 Å². The minimum atomic E-state index is -0.663. The standard InChI is InChI=1S/C10H12Cl2N2O/c1-2-3-4-6-5-14-9(10(13)15)8(12)7(6)11/h5H,2-4H2,1H3,(H2,13,15). The first-order valence-electron chi connectivity index (χ1n) is 4.70. The molecule has 1 rings (SSSR count). The van der Waals surface area contributed by atoms with Crippen molar-refractivity contribution in [2.24, 2.45) is 5.73 Å². The summed E-state index contributed by atoms with van der Waals surface area (Å²) in [5.41, 5.74) is 5.97. The van der Waals surface area contributed by atoms with Gasteiger partial charge in [0.05, 0.1) is 10.0 Å². The van der Waals surface area contributed by atoms with E-state index < -0.39 is 5.91 Å². The largest absolute Gasteiger partial charge is 0.364 e. The van der Waals surface area contributed by atoms with E-state index in [0.717, 1.165) is 24.8 Å². The number of unbranched alkanes of at least 4 members (excludes halogenated alkanes) is 1. The first kappa shape index (κ1) is 12.3. The van der Waals surface area contributed by atoms with E-state index >= 15 is 0 Å². The molecule has 1 aromatic heterocycles. The predicted octanol–water partition coefficient (Wildman–Crippen LogP) is 2.83. The van der Waals surface area contributed by atoms with Crippen molar-refractivity contribution in [3.8, 4) is 0 Å². The number of nitrogens with zero attached hydrogens (tertiary/aromatic N) is 1. The van der Waals surface area contributed by atoms with E-state index in [-0.39, 0.29) is 10.7 Å². The summed E-state index contributed by atoms with van der Waals surface area (Å²) >= 11 is 11.9. The van der Waals surface area contributed by atoms with E-state index in [2.05, 4.69) is 11.9 Å². The molecule has 2 N–H and O–H groups in total. The maximum Gasteiger partial charge on any atom is 0.268 e. The summed E-state index contributed by atoms with van der Waals surface area (Å²) in [7, 11) is 0. The average Bonchev–Trinajstić information content (AvgIpc) is 2.20. The number of aryl methyl sites for hydroxylation is 1. The van der Waals surface area contributed by atoms with Crippen LogP contribution < -0.4 is 5.73 Å². The Balaban J connectivity index is 3.04. The number of hydrogen-bond donors (Lipinski definition) is 1. The third-order valence-electron chi connectivity index (χ3n) is 2.07. The van der Waals surface area contributed by atoms with E-state index in [1.807, 2.05) is 0 Å². The number of primary amides is 1. The molecule has 3 nitrogen and oxygen atoms in total. The van der Waals surface area contributed by atoms with Gasteiger partial charge in [0.2, 0.25) is 0 Å². The highest BCUT2D eigenvalue weighted by atomic mass is 35.5. The Morgan fingerprint density at radius 2 is 2.13 bits per heavy atom. The number of amides is 1. The SMILES string of the molecule is CCCCc1cnc(C(N)=O)c(Cl)c1Cl. The van der Waals surface area contributed by atoms with Crippen molar-refractivity contribution in [3.05, 3.63) is 27.5 Å². The van der Waals surface area contributed by atoms with Crippen LogP contribution in [-0.4, -0.2) is 10.9 Å². The van der Waals surface area contributed by atoms with Gasteiger partial charge in [0.15, 0.2) is 0 Å². The number of halogens is 2. The first-order chi connectivity index (χ1) is 7.07. The molecule has 0 bridgehead atoms. The van der Waals surface area contributed by atoms with Crippen LogP contribution in [0.5, 0.6) is 0 Å². The zero-order valence-corrected chi connectivity index (χ0v) is 9.90. The normalized spacial score (nSPS) is 10.3. The molecular formula is C10H12Cl2N2O. The summed E-state index contributed by atoms with van der Waals surface area (Å²) in [5, 5.41) is 0.534. The fourth-order valence-electron chi connectivity index (χ4n) is 1.21. The molecule has 0 aromatic carbocycles. The monoisotopic (exact) mass is 246 g/mol. The quantitative estimate of drug-likeness (QED) is 0.889. The Morgan fingerprint density at radius 1 is 1.47 bits per heavy atom. The molecule has 0 saturated heterocycles. The molecule has 0 radical (unpaired) electrons. The van der Waals surface area contributed by atoms with Crippen molar-refractivity contribution in [2.75, 3.05) is 0 Å². The van der Waals surface area contributed by atoms with Gasteiger partial charge in [0, 0.05) is 6.20 Å². The van der Waals surface area contributed by atoms with Crippen LogP contribution in [0.15, 0.2) is 6.20 Å². The number of aromatic nitrogens is 1. The molecule has 82 valence electrons. The molecular weight excluding hydrogens is 235 g/mol. The maximum absolute atomic E-state index is 10.9. The highest BCUT2D eigenvalue weighted by Gasteiger charge is 2.14. The van der Waals surface area contributed by atoms with Gasteiger partial charge in [-0.05, 0) is 18.4 Å². The van der Waals surface area contributed by atoms with E-state index in [9.17, 15) is 4.79 Å². The third-order valence-corrected chi connectivity index (χ3v) is 2.96. The van der Waals surface area contributed by atoms with Crippen molar-refractivity contribution >= 4 is 29.1 Å². The Morgan fingerprint density at radius 3 is 2.67 bits per heavy atom. The lowest BCUT2D eigenvalue weighted by molar-refractivity contribution is 0.0995. The fourth-order valence-corrected chi connectivity index (χ4v) is 1.71. The zero-order chi connectivity index (χ0) is 11.4.